The molecular weight excluding hydrogens is 316 g/mol. The van der Waals surface area contributed by atoms with Gasteiger partial charge >= 0.3 is 5.63 Å². The summed E-state index contributed by atoms with van der Waals surface area (Å²) in [4.78, 5) is 23.6. The summed E-state index contributed by atoms with van der Waals surface area (Å²) in [5.74, 6) is -0.0650. The zero-order valence-electron chi connectivity index (χ0n) is 14.0. The van der Waals surface area contributed by atoms with E-state index in [1.807, 2.05) is 43.3 Å². The molecule has 0 spiro atoms. The average Bonchev–Trinajstić information content (AvgIpc) is 2.56. The van der Waals surface area contributed by atoms with Gasteiger partial charge in [-0.1, -0.05) is 12.1 Å². The molecule has 2 aromatic carbocycles. The number of amides is 1. The van der Waals surface area contributed by atoms with Gasteiger partial charge in [0, 0.05) is 35.3 Å². The SMILES string of the molecule is Cc1cc(=O)oc2cc(NC(=O)CCCc3ccc(N)cc3)ccc12. The van der Waals surface area contributed by atoms with Gasteiger partial charge in [-0.25, -0.2) is 4.79 Å². The first-order valence-corrected chi connectivity index (χ1v) is 8.20. The Morgan fingerprint density at radius 1 is 1.12 bits per heavy atom. The molecule has 0 bridgehead atoms. The molecule has 5 nitrogen and oxygen atoms in total. The van der Waals surface area contributed by atoms with Crippen molar-refractivity contribution in [3.8, 4) is 0 Å². The van der Waals surface area contributed by atoms with Crippen LogP contribution in [0, 0.1) is 6.92 Å². The third-order valence-electron chi connectivity index (χ3n) is 4.08. The third kappa shape index (κ3) is 4.26. The molecule has 0 aliphatic heterocycles. The van der Waals surface area contributed by atoms with Crippen LogP contribution >= 0.6 is 0 Å². The van der Waals surface area contributed by atoms with E-state index in [-0.39, 0.29) is 5.91 Å². The van der Waals surface area contributed by atoms with Gasteiger partial charge < -0.3 is 15.5 Å². The Kier molecular flexibility index (Phi) is 4.84. The van der Waals surface area contributed by atoms with Crippen molar-refractivity contribution in [3.05, 3.63) is 70.1 Å². The van der Waals surface area contributed by atoms with E-state index < -0.39 is 5.63 Å². The Bertz CT molecular complexity index is 959. The third-order valence-corrected chi connectivity index (χ3v) is 4.08. The number of nitrogens with two attached hydrogens (primary N) is 1. The highest BCUT2D eigenvalue weighted by molar-refractivity contribution is 5.93. The van der Waals surface area contributed by atoms with Gasteiger partial charge in [0.05, 0.1) is 0 Å². The van der Waals surface area contributed by atoms with E-state index in [0.717, 1.165) is 35.0 Å². The van der Waals surface area contributed by atoms with Crippen LogP contribution in [0.1, 0.15) is 24.0 Å². The average molecular weight is 336 g/mol. The van der Waals surface area contributed by atoms with Crippen molar-refractivity contribution in [1.82, 2.24) is 0 Å². The molecule has 1 aromatic heterocycles. The molecule has 3 aromatic rings. The number of carbonyl (C=O) groups is 1. The minimum Gasteiger partial charge on any atom is -0.423 e. The zero-order valence-corrected chi connectivity index (χ0v) is 14.0. The number of aryl methyl sites for hydroxylation is 2. The van der Waals surface area contributed by atoms with Crippen molar-refractivity contribution in [2.75, 3.05) is 11.1 Å². The highest BCUT2D eigenvalue weighted by atomic mass is 16.4. The van der Waals surface area contributed by atoms with Crippen LogP contribution in [-0.2, 0) is 11.2 Å². The summed E-state index contributed by atoms with van der Waals surface area (Å²) in [6.07, 6.45) is 1.98. The molecule has 0 saturated heterocycles. The first-order chi connectivity index (χ1) is 12.0. The van der Waals surface area contributed by atoms with Crippen LogP contribution in [0.15, 0.2) is 57.7 Å². The summed E-state index contributed by atoms with van der Waals surface area (Å²) in [6, 6.07) is 14.5. The normalized spacial score (nSPS) is 10.8. The first-order valence-electron chi connectivity index (χ1n) is 8.20. The smallest absolute Gasteiger partial charge is 0.336 e. The number of anilines is 2. The van der Waals surface area contributed by atoms with Crippen LogP contribution in [0.2, 0.25) is 0 Å². The lowest BCUT2D eigenvalue weighted by atomic mass is 10.1. The number of nitrogen functional groups attached to an aromatic ring is 1. The van der Waals surface area contributed by atoms with Gasteiger partial charge in [-0.05, 0) is 55.2 Å². The summed E-state index contributed by atoms with van der Waals surface area (Å²) < 4.78 is 5.20. The number of hydrogen-bond donors (Lipinski definition) is 2. The number of rotatable bonds is 5. The van der Waals surface area contributed by atoms with Crippen molar-refractivity contribution in [2.45, 2.75) is 26.2 Å². The summed E-state index contributed by atoms with van der Waals surface area (Å²) in [5, 5.41) is 3.71. The molecule has 0 atom stereocenters. The predicted molar refractivity (Wildman–Crippen MR) is 99.6 cm³/mol. The van der Waals surface area contributed by atoms with Gasteiger partial charge in [0.2, 0.25) is 5.91 Å². The van der Waals surface area contributed by atoms with Crippen LogP contribution in [-0.4, -0.2) is 5.91 Å². The van der Waals surface area contributed by atoms with E-state index in [4.69, 9.17) is 10.2 Å². The second-order valence-electron chi connectivity index (χ2n) is 6.10. The number of fused-ring (bicyclic) bond motifs is 1. The molecule has 3 N–H and O–H groups in total. The fourth-order valence-electron chi connectivity index (χ4n) is 2.76. The maximum absolute atomic E-state index is 12.1. The Morgan fingerprint density at radius 3 is 2.64 bits per heavy atom. The van der Waals surface area contributed by atoms with Crippen molar-refractivity contribution in [2.24, 2.45) is 0 Å². The summed E-state index contributed by atoms with van der Waals surface area (Å²) in [6.45, 7) is 1.86. The van der Waals surface area contributed by atoms with Gasteiger partial charge in [-0.3, -0.25) is 4.79 Å². The highest BCUT2D eigenvalue weighted by Gasteiger charge is 2.06. The van der Waals surface area contributed by atoms with Crippen molar-refractivity contribution < 1.29 is 9.21 Å². The number of hydrogen-bond acceptors (Lipinski definition) is 4. The van der Waals surface area contributed by atoms with E-state index in [0.29, 0.717) is 17.7 Å². The molecule has 0 radical (unpaired) electrons. The molecule has 0 aliphatic carbocycles. The summed E-state index contributed by atoms with van der Waals surface area (Å²) in [5.41, 5.74) is 9.11. The van der Waals surface area contributed by atoms with Crippen LogP contribution < -0.4 is 16.7 Å². The largest absolute Gasteiger partial charge is 0.423 e. The highest BCUT2D eigenvalue weighted by Crippen LogP contribution is 2.21. The molecule has 1 heterocycles. The fraction of sp³-hybridized carbons (Fsp3) is 0.200. The molecule has 5 heteroatoms. The standard InChI is InChI=1S/C20H20N2O3/c1-13-11-20(24)25-18-12-16(9-10-17(13)18)22-19(23)4-2-3-14-5-7-15(21)8-6-14/h5-12H,2-4,21H2,1H3,(H,22,23). The maximum Gasteiger partial charge on any atom is 0.336 e. The fourth-order valence-corrected chi connectivity index (χ4v) is 2.76. The molecule has 1 amide bonds. The van der Waals surface area contributed by atoms with E-state index in [2.05, 4.69) is 5.32 Å². The lowest BCUT2D eigenvalue weighted by molar-refractivity contribution is -0.116. The Labute approximate surface area is 145 Å². The molecule has 128 valence electrons. The van der Waals surface area contributed by atoms with E-state index >= 15 is 0 Å². The molecule has 3 rings (SSSR count). The Balaban J connectivity index is 1.60. The summed E-state index contributed by atoms with van der Waals surface area (Å²) in [7, 11) is 0. The quantitative estimate of drug-likeness (QED) is 0.550. The molecule has 0 aliphatic rings. The molecule has 0 saturated carbocycles. The zero-order chi connectivity index (χ0) is 17.8. The minimum atomic E-state index is -0.392. The molecule has 0 unspecified atom stereocenters. The van der Waals surface area contributed by atoms with Crippen molar-refractivity contribution in [3.63, 3.8) is 0 Å². The van der Waals surface area contributed by atoms with E-state index in [9.17, 15) is 9.59 Å². The number of benzene rings is 2. The predicted octanol–water partition coefficient (Wildman–Crippen LogP) is 3.65. The van der Waals surface area contributed by atoms with Gasteiger partial charge in [-0.15, -0.1) is 0 Å². The molecule has 0 fully saturated rings. The number of carbonyl (C=O) groups excluding carboxylic acids is 1. The number of nitrogens with one attached hydrogen (secondary N) is 1. The second-order valence-corrected chi connectivity index (χ2v) is 6.10. The molecule has 25 heavy (non-hydrogen) atoms. The Morgan fingerprint density at radius 2 is 1.88 bits per heavy atom. The second kappa shape index (κ2) is 7.21. The van der Waals surface area contributed by atoms with Gasteiger partial charge in [0.1, 0.15) is 5.58 Å². The van der Waals surface area contributed by atoms with Crippen molar-refractivity contribution >= 4 is 28.3 Å². The van der Waals surface area contributed by atoms with Gasteiger partial charge in [0.25, 0.3) is 0 Å². The van der Waals surface area contributed by atoms with E-state index in [1.165, 1.54) is 6.07 Å². The topological polar surface area (TPSA) is 85.3 Å². The first kappa shape index (κ1) is 16.8. The van der Waals surface area contributed by atoms with Crippen LogP contribution in [0.5, 0.6) is 0 Å². The lowest BCUT2D eigenvalue weighted by Crippen LogP contribution is -2.11. The van der Waals surface area contributed by atoms with Gasteiger partial charge in [0.15, 0.2) is 0 Å². The van der Waals surface area contributed by atoms with Crippen molar-refractivity contribution in [1.29, 1.82) is 0 Å². The van der Waals surface area contributed by atoms with E-state index in [1.54, 1.807) is 6.07 Å². The Hall–Kier alpha value is -3.08. The van der Waals surface area contributed by atoms with Crippen LogP contribution in [0.4, 0.5) is 11.4 Å². The van der Waals surface area contributed by atoms with Crippen LogP contribution in [0.25, 0.3) is 11.0 Å². The van der Waals surface area contributed by atoms with Crippen LogP contribution in [0.3, 0.4) is 0 Å². The maximum atomic E-state index is 12.1. The molecular formula is C20H20N2O3. The summed E-state index contributed by atoms with van der Waals surface area (Å²) >= 11 is 0. The lowest BCUT2D eigenvalue weighted by Gasteiger charge is -2.07. The monoisotopic (exact) mass is 336 g/mol. The minimum absolute atomic E-state index is 0.0650. The van der Waals surface area contributed by atoms with Gasteiger partial charge in [-0.2, -0.15) is 0 Å².